The van der Waals surface area contributed by atoms with Gasteiger partial charge in [-0.05, 0) is 54.2 Å². The zero-order valence-electron chi connectivity index (χ0n) is 19.2. The van der Waals surface area contributed by atoms with Crippen LogP contribution in [0.25, 0.3) is 0 Å². The van der Waals surface area contributed by atoms with Crippen LogP contribution in [-0.4, -0.2) is 64.3 Å². The number of amides is 2. The van der Waals surface area contributed by atoms with Gasteiger partial charge in [0.15, 0.2) is 0 Å². The van der Waals surface area contributed by atoms with E-state index in [1.807, 2.05) is 29.2 Å². The topological polar surface area (TPSA) is 114 Å². The molecule has 2 unspecified atom stereocenters. The molecule has 10 heteroatoms. The number of thioether (sulfide) groups is 1. The van der Waals surface area contributed by atoms with Gasteiger partial charge in [-0.1, -0.05) is 41.1 Å². The van der Waals surface area contributed by atoms with E-state index in [2.05, 4.69) is 22.4 Å². The SMILES string of the molecule is NC(CSSc1ccc(C(=O)NCCCCC(N)C(=O)N2CCSC2)cn1)Cc1ccccc1. The maximum absolute atomic E-state index is 12.3. The first kappa shape index (κ1) is 26.9. The molecular weight excluding hydrogens is 486 g/mol. The van der Waals surface area contributed by atoms with E-state index in [9.17, 15) is 9.59 Å². The van der Waals surface area contributed by atoms with Crippen LogP contribution in [0.15, 0.2) is 53.7 Å². The summed E-state index contributed by atoms with van der Waals surface area (Å²) in [6, 6.07) is 13.5. The fourth-order valence-electron chi connectivity index (χ4n) is 3.46. The number of unbranched alkanes of at least 4 members (excludes halogenated alkanes) is 1. The van der Waals surface area contributed by atoms with E-state index in [4.69, 9.17) is 11.5 Å². The smallest absolute Gasteiger partial charge is 0.252 e. The van der Waals surface area contributed by atoms with Crippen molar-refractivity contribution in [2.75, 3.05) is 30.5 Å². The van der Waals surface area contributed by atoms with Gasteiger partial charge in [0.2, 0.25) is 5.91 Å². The van der Waals surface area contributed by atoms with Gasteiger partial charge in [0.25, 0.3) is 5.91 Å². The van der Waals surface area contributed by atoms with Gasteiger partial charge in [0.05, 0.1) is 17.5 Å². The molecule has 1 aliphatic heterocycles. The number of pyridine rings is 1. The second kappa shape index (κ2) is 14.6. The highest BCUT2D eigenvalue weighted by atomic mass is 33.1. The monoisotopic (exact) mass is 519 g/mol. The van der Waals surface area contributed by atoms with Crippen LogP contribution in [0.4, 0.5) is 0 Å². The fourth-order valence-corrected chi connectivity index (χ4v) is 6.50. The summed E-state index contributed by atoms with van der Waals surface area (Å²) in [5, 5.41) is 3.76. The van der Waals surface area contributed by atoms with E-state index >= 15 is 0 Å². The van der Waals surface area contributed by atoms with Crippen LogP contribution in [0.2, 0.25) is 0 Å². The quantitative estimate of drug-likeness (QED) is 0.273. The maximum atomic E-state index is 12.3. The highest BCUT2D eigenvalue weighted by Gasteiger charge is 2.23. The van der Waals surface area contributed by atoms with Crippen molar-refractivity contribution < 1.29 is 9.59 Å². The zero-order valence-corrected chi connectivity index (χ0v) is 21.7. The highest BCUT2D eigenvalue weighted by Crippen LogP contribution is 2.30. The molecule has 5 N–H and O–H groups in total. The lowest BCUT2D eigenvalue weighted by atomic mass is 10.1. The molecule has 184 valence electrons. The molecule has 2 heterocycles. The van der Waals surface area contributed by atoms with Gasteiger partial charge in [-0.3, -0.25) is 9.59 Å². The van der Waals surface area contributed by atoms with Gasteiger partial charge in [0.1, 0.15) is 5.03 Å². The first-order valence-corrected chi connectivity index (χ1v) is 15.0. The number of carbonyl (C=O) groups is 2. The molecule has 2 amide bonds. The van der Waals surface area contributed by atoms with Crippen molar-refractivity contribution in [3.63, 3.8) is 0 Å². The molecule has 0 spiro atoms. The van der Waals surface area contributed by atoms with Gasteiger partial charge < -0.3 is 21.7 Å². The molecule has 1 aromatic carbocycles. The average Bonchev–Trinajstić information content (AvgIpc) is 3.39. The summed E-state index contributed by atoms with van der Waals surface area (Å²) >= 11 is 1.76. The molecule has 2 aromatic rings. The number of hydrogen-bond donors (Lipinski definition) is 3. The number of carbonyl (C=O) groups excluding carboxylic acids is 2. The summed E-state index contributed by atoms with van der Waals surface area (Å²) in [5.74, 6) is 2.44. The Morgan fingerprint density at radius 2 is 1.97 bits per heavy atom. The lowest BCUT2D eigenvalue weighted by Gasteiger charge is -2.19. The molecule has 0 saturated carbocycles. The van der Waals surface area contributed by atoms with E-state index in [0.717, 1.165) is 48.2 Å². The van der Waals surface area contributed by atoms with Crippen LogP contribution in [0, 0.1) is 0 Å². The molecule has 0 aliphatic carbocycles. The van der Waals surface area contributed by atoms with Crippen LogP contribution >= 0.6 is 33.3 Å². The Morgan fingerprint density at radius 3 is 2.68 bits per heavy atom. The third-order valence-corrected chi connectivity index (χ3v) is 8.71. The minimum atomic E-state index is -0.450. The molecule has 0 radical (unpaired) electrons. The van der Waals surface area contributed by atoms with Crippen molar-refractivity contribution in [2.24, 2.45) is 11.5 Å². The third kappa shape index (κ3) is 9.14. The average molecular weight is 520 g/mol. The van der Waals surface area contributed by atoms with E-state index < -0.39 is 6.04 Å². The predicted molar refractivity (Wildman–Crippen MR) is 144 cm³/mol. The number of rotatable bonds is 13. The molecule has 2 atom stereocenters. The zero-order chi connectivity index (χ0) is 24.2. The fraction of sp³-hybridized carbons (Fsp3) is 0.458. The van der Waals surface area contributed by atoms with Gasteiger partial charge in [-0.2, -0.15) is 0 Å². The molecule has 34 heavy (non-hydrogen) atoms. The Balaban J connectivity index is 1.28. The Kier molecular flexibility index (Phi) is 11.6. The maximum Gasteiger partial charge on any atom is 0.252 e. The molecule has 3 rings (SSSR count). The van der Waals surface area contributed by atoms with Crippen molar-refractivity contribution in [1.82, 2.24) is 15.2 Å². The number of aromatic nitrogens is 1. The second-order valence-electron chi connectivity index (χ2n) is 8.20. The molecule has 1 aliphatic rings. The van der Waals surface area contributed by atoms with Crippen LogP contribution in [-0.2, 0) is 11.2 Å². The third-order valence-electron chi connectivity index (χ3n) is 5.37. The first-order chi connectivity index (χ1) is 16.5. The molecule has 1 aromatic heterocycles. The number of nitrogens with two attached hydrogens (primary N) is 2. The Morgan fingerprint density at radius 1 is 1.15 bits per heavy atom. The Labute approximate surface area is 214 Å². The van der Waals surface area contributed by atoms with Gasteiger partial charge in [-0.25, -0.2) is 4.98 Å². The minimum absolute atomic E-state index is 0.0365. The molecule has 0 bridgehead atoms. The standard InChI is InChI=1S/C24H33N5O2S3/c25-20(14-18-6-2-1-3-7-18)16-33-34-22-10-9-19(15-28-22)23(30)27-11-5-4-8-21(26)24(31)29-12-13-32-17-29/h1-3,6-7,9-10,15,20-21H,4-5,8,11-14,16-17,25-26H2,(H,27,30). The molecule has 1 saturated heterocycles. The van der Waals surface area contributed by atoms with Crippen molar-refractivity contribution in [3.05, 3.63) is 59.8 Å². The van der Waals surface area contributed by atoms with E-state index in [1.54, 1.807) is 45.6 Å². The lowest BCUT2D eigenvalue weighted by molar-refractivity contribution is -0.131. The summed E-state index contributed by atoms with van der Waals surface area (Å²) < 4.78 is 0. The lowest BCUT2D eigenvalue weighted by Crippen LogP contribution is -2.42. The van der Waals surface area contributed by atoms with Crippen LogP contribution in [0.1, 0.15) is 35.2 Å². The number of nitrogens with zero attached hydrogens (tertiary/aromatic N) is 2. The normalized spacial score (nSPS) is 15.2. The predicted octanol–water partition coefficient (Wildman–Crippen LogP) is 3.15. The Bertz CT molecular complexity index is 895. The number of hydrogen-bond acceptors (Lipinski definition) is 8. The highest BCUT2D eigenvalue weighted by molar-refractivity contribution is 8.76. The second-order valence-corrected chi connectivity index (χ2v) is 11.6. The van der Waals surface area contributed by atoms with Crippen molar-refractivity contribution >= 4 is 45.2 Å². The van der Waals surface area contributed by atoms with Crippen molar-refractivity contribution in [3.8, 4) is 0 Å². The van der Waals surface area contributed by atoms with E-state index in [0.29, 0.717) is 18.5 Å². The summed E-state index contributed by atoms with van der Waals surface area (Å²) in [5.41, 5.74) is 14.0. The summed E-state index contributed by atoms with van der Waals surface area (Å²) in [4.78, 5) is 30.8. The van der Waals surface area contributed by atoms with Gasteiger partial charge >= 0.3 is 0 Å². The molecular formula is C24H33N5O2S3. The first-order valence-electron chi connectivity index (χ1n) is 11.5. The molecule has 7 nitrogen and oxygen atoms in total. The summed E-state index contributed by atoms with van der Waals surface area (Å²) in [7, 11) is 3.24. The van der Waals surface area contributed by atoms with Gasteiger partial charge in [0, 0.05) is 36.8 Å². The largest absolute Gasteiger partial charge is 0.352 e. The van der Waals surface area contributed by atoms with Crippen molar-refractivity contribution in [1.29, 1.82) is 0 Å². The van der Waals surface area contributed by atoms with Gasteiger partial charge in [-0.15, -0.1) is 11.8 Å². The summed E-state index contributed by atoms with van der Waals surface area (Å²) in [6.07, 6.45) is 4.66. The van der Waals surface area contributed by atoms with E-state index in [1.165, 1.54) is 5.56 Å². The summed E-state index contributed by atoms with van der Waals surface area (Å²) in [6.45, 7) is 1.34. The number of nitrogens with one attached hydrogen (secondary N) is 1. The number of benzene rings is 1. The Hall–Kier alpha value is -1.72. The van der Waals surface area contributed by atoms with E-state index in [-0.39, 0.29) is 17.9 Å². The van der Waals surface area contributed by atoms with Crippen molar-refractivity contribution in [2.45, 2.75) is 42.8 Å². The van der Waals surface area contributed by atoms with Crippen LogP contribution in [0.3, 0.4) is 0 Å². The molecule has 1 fully saturated rings. The van der Waals surface area contributed by atoms with Crippen LogP contribution in [0.5, 0.6) is 0 Å². The van der Waals surface area contributed by atoms with Crippen LogP contribution < -0.4 is 16.8 Å². The minimum Gasteiger partial charge on any atom is -0.352 e.